The number of hydrogen-bond donors (Lipinski definition) is 1. The van der Waals surface area contributed by atoms with Crippen molar-refractivity contribution in [1.29, 1.82) is 0 Å². The van der Waals surface area contributed by atoms with Crippen LogP contribution < -0.4 is 5.32 Å². The van der Waals surface area contributed by atoms with Crippen LogP contribution in [0.2, 0.25) is 0 Å². The van der Waals surface area contributed by atoms with Crippen LogP contribution in [0.4, 0.5) is 5.82 Å². The minimum Gasteiger partial charge on any atom is -0.366 e. The van der Waals surface area contributed by atoms with Crippen molar-refractivity contribution in [1.82, 2.24) is 14.3 Å². The fraction of sp³-hybridized carbons (Fsp3) is 0.385. The topological polar surface area (TPSA) is 58.9 Å². The summed E-state index contributed by atoms with van der Waals surface area (Å²) in [5.74, 6) is 0.501. The molecule has 106 valence electrons. The fourth-order valence-electron chi connectivity index (χ4n) is 2.21. The number of carbonyl (C=O) groups excluding carboxylic acids is 1. The Labute approximate surface area is 124 Å². The average Bonchev–Trinajstić information content (AvgIpc) is 2.83. The number of carbonyl (C=O) groups is 1. The van der Waals surface area contributed by atoms with E-state index in [-0.39, 0.29) is 5.91 Å². The van der Waals surface area contributed by atoms with Crippen LogP contribution in [0, 0.1) is 0 Å². The smallest absolute Gasteiger partial charge is 0.255 e. The first kappa shape index (κ1) is 13.5. The van der Waals surface area contributed by atoms with Gasteiger partial charge in [-0.3, -0.25) is 9.20 Å². The number of aromatic nitrogens is 2. The third kappa shape index (κ3) is 2.56. The Morgan fingerprint density at radius 2 is 2.45 bits per heavy atom. The molecular weight excluding hydrogens is 324 g/mol. The van der Waals surface area contributed by atoms with Gasteiger partial charge in [-0.25, -0.2) is 4.98 Å². The van der Waals surface area contributed by atoms with E-state index in [1.54, 1.807) is 6.20 Å². The number of nitrogens with one attached hydrogen (secondary N) is 1. The zero-order valence-electron chi connectivity index (χ0n) is 11.0. The van der Waals surface area contributed by atoms with E-state index in [1.165, 1.54) is 0 Å². The van der Waals surface area contributed by atoms with E-state index in [4.69, 9.17) is 4.74 Å². The Morgan fingerprint density at radius 3 is 3.25 bits per heavy atom. The summed E-state index contributed by atoms with van der Waals surface area (Å²) in [4.78, 5) is 18.6. The van der Waals surface area contributed by atoms with Gasteiger partial charge in [0.1, 0.15) is 11.9 Å². The first-order valence-electron chi connectivity index (χ1n) is 6.38. The summed E-state index contributed by atoms with van der Waals surface area (Å²) in [7, 11) is 1.98. The van der Waals surface area contributed by atoms with E-state index in [0.29, 0.717) is 19.0 Å². The molecule has 1 amide bonds. The summed E-state index contributed by atoms with van der Waals surface area (Å²) in [6.07, 6.45) is 3.06. The van der Waals surface area contributed by atoms with Gasteiger partial charge in [0, 0.05) is 19.3 Å². The maximum atomic E-state index is 12.2. The highest BCUT2D eigenvalue weighted by Gasteiger charge is 2.25. The summed E-state index contributed by atoms with van der Waals surface area (Å²) in [6, 6.07) is 3.80. The van der Waals surface area contributed by atoms with Gasteiger partial charge in [-0.2, -0.15) is 0 Å². The number of nitrogens with zero attached hydrogens (tertiary/aromatic N) is 3. The third-order valence-corrected chi connectivity index (χ3v) is 3.92. The molecule has 2 aromatic heterocycles. The molecular formula is C13H15BrN4O2. The van der Waals surface area contributed by atoms with Crippen LogP contribution in [0.15, 0.2) is 29.0 Å². The second kappa shape index (κ2) is 5.51. The summed E-state index contributed by atoms with van der Waals surface area (Å²) < 4.78 is 8.21. The molecule has 7 heteroatoms. The van der Waals surface area contributed by atoms with Gasteiger partial charge in [-0.05, 0) is 35.1 Å². The molecule has 0 radical (unpaired) electrons. The van der Waals surface area contributed by atoms with Crippen molar-refractivity contribution in [2.24, 2.45) is 0 Å². The lowest BCUT2D eigenvalue weighted by Crippen LogP contribution is -2.46. The van der Waals surface area contributed by atoms with E-state index < -0.39 is 6.10 Å². The molecule has 0 saturated carbocycles. The summed E-state index contributed by atoms with van der Waals surface area (Å²) in [5.41, 5.74) is 0.768. The molecule has 1 atom stereocenters. The third-order valence-electron chi connectivity index (χ3n) is 3.30. The number of imidazole rings is 1. The van der Waals surface area contributed by atoms with E-state index in [0.717, 1.165) is 16.7 Å². The van der Waals surface area contributed by atoms with Crippen molar-refractivity contribution in [2.75, 3.05) is 32.1 Å². The van der Waals surface area contributed by atoms with Gasteiger partial charge in [0.25, 0.3) is 5.91 Å². The maximum Gasteiger partial charge on any atom is 0.255 e. The van der Waals surface area contributed by atoms with E-state index >= 15 is 0 Å². The molecule has 3 rings (SSSR count). The first-order chi connectivity index (χ1) is 9.65. The van der Waals surface area contributed by atoms with Crippen LogP contribution >= 0.6 is 15.9 Å². The molecule has 3 heterocycles. The Bertz CT molecular complexity index is 642. The highest BCUT2D eigenvalue weighted by molar-refractivity contribution is 9.10. The quantitative estimate of drug-likeness (QED) is 0.898. The number of pyridine rings is 1. The molecule has 1 unspecified atom stereocenters. The Hall–Kier alpha value is -1.44. The minimum atomic E-state index is -0.438. The molecule has 20 heavy (non-hydrogen) atoms. The molecule has 2 aromatic rings. The van der Waals surface area contributed by atoms with Crippen LogP contribution in [-0.2, 0) is 9.53 Å². The standard InChI is InChI=1S/C13H15BrN4O2/c1-17-5-6-20-10(8-17)13(19)16-11-7-15-12-9(14)3-2-4-18(11)12/h2-4,7,10H,5-6,8H2,1H3,(H,16,19). The number of hydrogen-bond acceptors (Lipinski definition) is 4. The molecule has 1 fully saturated rings. The summed E-state index contributed by atoms with van der Waals surface area (Å²) in [5, 5.41) is 2.87. The molecule has 1 saturated heterocycles. The number of halogens is 1. The predicted octanol–water partition coefficient (Wildman–Crippen LogP) is 1.37. The Kier molecular flexibility index (Phi) is 3.73. The Balaban J connectivity index is 1.79. The number of ether oxygens (including phenoxy) is 1. The molecule has 1 aliphatic rings. The number of fused-ring (bicyclic) bond motifs is 1. The van der Waals surface area contributed by atoms with Crippen molar-refractivity contribution in [2.45, 2.75) is 6.10 Å². The molecule has 0 aliphatic carbocycles. The van der Waals surface area contributed by atoms with Crippen LogP contribution in [0.3, 0.4) is 0 Å². The monoisotopic (exact) mass is 338 g/mol. The summed E-state index contributed by atoms with van der Waals surface area (Å²) >= 11 is 3.43. The molecule has 1 N–H and O–H groups in total. The molecule has 0 spiro atoms. The molecule has 6 nitrogen and oxygen atoms in total. The SMILES string of the molecule is CN1CCOC(C(=O)Nc2cnc3c(Br)cccn23)C1. The van der Waals surface area contributed by atoms with Gasteiger partial charge >= 0.3 is 0 Å². The van der Waals surface area contributed by atoms with Crippen molar-refractivity contribution >= 4 is 33.3 Å². The predicted molar refractivity (Wildman–Crippen MR) is 78.8 cm³/mol. The Morgan fingerprint density at radius 1 is 1.60 bits per heavy atom. The van der Waals surface area contributed by atoms with Crippen LogP contribution in [0.5, 0.6) is 0 Å². The highest BCUT2D eigenvalue weighted by Crippen LogP contribution is 2.20. The van der Waals surface area contributed by atoms with Crippen LogP contribution in [0.1, 0.15) is 0 Å². The van der Waals surface area contributed by atoms with E-state index in [1.807, 2.05) is 29.8 Å². The zero-order valence-corrected chi connectivity index (χ0v) is 12.6. The minimum absolute atomic E-state index is 0.140. The van der Waals surface area contributed by atoms with Gasteiger partial charge in [0.15, 0.2) is 5.65 Å². The zero-order chi connectivity index (χ0) is 14.1. The first-order valence-corrected chi connectivity index (χ1v) is 7.17. The lowest BCUT2D eigenvalue weighted by atomic mass is 10.2. The normalized spacial score (nSPS) is 20.2. The highest BCUT2D eigenvalue weighted by atomic mass is 79.9. The molecule has 1 aliphatic heterocycles. The van der Waals surface area contributed by atoms with E-state index in [2.05, 4.69) is 31.1 Å². The van der Waals surface area contributed by atoms with Gasteiger partial charge in [0.05, 0.1) is 17.3 Å². The largest absolute Gasteiger partial charge is 0.366 e. The van der Waals surface area contributed by atoms with Crippen LogP contribution in [0.25, 0.3) is 5.65 Å². The van der Waals surface area contributed by atoms with Crippen molar-refractivity contribution in [3.63, 3.8) is 0 Å². The van der Waals surface area contributed by atoms with Crippen molar-refractivity contribution in [3.05, 3.63) is 29.0 Å². The number of likely N-dealkylation sites (N-methyl/N-ethyl adjacent to an activating group) is 1. The molecule has 0 bridgehead atoms. The lowest BCUT2D eigenvalue weighted by molar-refractivity contribution is -0.132. The second-order valence-corrected chi connectivity index (χ2v) is 5.66. The lowest BCUT2D eigenvalue weighted by Gasteiger charge is -2.28. The van der Waals surface area contributed by atoms with E-state index in [9.17, 15) is 4.79 Å². The number of morpholine rings is 1. The number of amides is 1. The van der Waals surface area contributed by atoms with Gasteiger partial charge in [-0.1, -0.05) is 0 Å². The number of anilines is 1. The van der Waals surface area contributed by atoms with Gasteiger partial charge < -0.3 is 15.0 Å². The average molecular weight is 339 g/mol. The van der Waals surface area contributed by atoms with Crippen molar-refractivity contribution in [3.8, 4) is 0 Å². The van der Waals surface area contributed by atoms with Crippen LogP contribution in [-0.4, -0.2) is 53.0 Å². The number of rotatable bonds is 2. The van der Waals surface area contributed by atoms with Gasteiger partial charge in [-0.15, -0.1) is 0 Å². The second-order valence-electron chi connectivity index (χ2n) is 4.80. The van der Waals surface area contributed by atoms with Gasteiger partial charge in [0.2, 0.25) is 0 Å². The summed E-state index contributed by atoms with van der Waals surface area (Å²) in [6.45, 7) is 2.03. The maximum absolute atomic E-state index is 12.2. The fourth-order valence-corrected chi connectivity index (χ4v) is 2.66. The molecule has 0 aromatic carbocycles. The van der Waals surface area contributed by atoms with Crippen molar-refractivity contribution < 1.29 is 9.53 Å².